The first-order chi connectivity index (χ1) is 17.0. The van der Waals surface area contributed by atoms with Gasteiger partial charge in [0.2, 0.25) is 0 Å². The predicted octanol–water partition coefficient (Wildman–Crippen LogP) is 5.66. The molecule has 0 spiro atoms. The monoisotopic (exact) mass is 517 g/mol. The molecular formula is C25H25Cl2N3O5. The fourth-order valence-corrected chi connectivity index (χ4v) is 4.05. The van der Waals surface area contributed by atoms with E-state index < -0.39 is 12.4 Å². The third-order valence-corrected chi connectivity index (χ3v) is 6.28. The Bertz CT molecular complexity index is 1150. The Morgan fingerprint density at radius 1 is 1.17 bits per heavy atom. The Balaban J connectivity index is 1.52. The Morgan fingerprint density at radius 3 is 2.51 bits per heavy atom. The normalized spacial score (nSPS) is 19.8. The van der Waals surface area contributed by atoms with Crippen LogP contribution in [0.5, 0.6) is 0 Å². The first-order valence-electron chi connectivity index (χ1n) is 11.0. The molecular weight excluding hydrogens is 493 g/mol. The van der Waals surface area contributed by atoms with Gasteiger partial charge in [-0.3, -0.25) is 5.32 Å². The number of hydrogen-bond donors (Lipinski definition) is 2. The highest BCUT2D eigenvalue weighted by molar-refractivity contribution is 6.40. The Hall–Kier alpha value is -2.88. The largest absolute Gasteiger partial charge is 0.445 e. The topological polar surface area (TPSA) is 94.8 Å². The molecule has 10 heteroatoms. The maximum atomic E-state index is 11.8. The second-order valence-corrected chi connectivity index (χ2v) is 8.68. The maximum absolute atomic E-state index is 11.8. The smallest absolute Gasteiger partial charge is 0.411 e. The first kappa shape index (κ1) is 25.2. The van der Waals surface area contributed by atoms with Crippen molar-refractivity contribution in [1.29, 1.82) is 0 Å². The zero-order chi connectivity index (χ0) is 24.8. The average Bonchev–Trinajstić information content (AvgIpc) is 3.20. The molecule has 1 aliphatic rings. The number of carbonyl (C=O) groups excluding carboxylic acids is 1. The molecule has 1 amide bonds. The maximum Gasteiger partial charge on any atom is 0.411 e. The number of imidazole rings is 1. The summed E-state index contributed by atoms with van der Waals surface area (Å²) < 4.78 is 19.3. The van der Waals surface area contributed by atoms with Crippen molar-refractivity contribution in [3.8, 4) is 0 Å². The van der Waals surface area contributed by atoms with Crippen LogP contribution in [0.4, 0.5) is 10.5 Å². The van der Waals surface area contributed by atoms with Gasteiger partial charge in [0.05, 0.1) is 31.7 Å². The van der Waals surface area contributed by atoms with Crippen molar-refractivity contribution in [1.82, 2.24) is 9.55 Å². The number of hydrogen-bond acceptors (Lipinski definition) is 6. The highest BCUT2D eigenvalue weighted by Crippen LogP contribution is 2.39. The molecule has 0 radical (unpaired) electrons. The minimum atomic E-state index is -0.657. The molecule has 1 fully saturated rings. The van der Waals surface area contributed by atoms with Gasteiger partial charge in [0.15, 0.2) is 11.4 Å². The molecule has 8 nitrogen and oxygen atoms in total. The van der Waals surface area contributed by atoms with Crippen molar-refractivity contribution in [3.05, 3.63) is 94.5 Å². The van der Waals surface area contributed by atoms with E-state index in [2.05, 4.69) is 16.9 Å². The minimum absolute atomic E-state index is 0.0262. The molecule has 1 aromatic heterocycles. The van der Waals surface area contributed by atoms with Crippen LogP contribution in [0, 0.1) is 0 Å². The third-order valence-electron chi connectivity index (χ3n) is 5.51. The van der Waals surface area contributed by atoms with Crippen molar-refractivity contribution in [2.45, 2.75) is 38.1 Å². The lowest BCUT2D eigenvalue weighted by Gasteiger charge is -2.36. The number of rotatable bonds is 8. The fraction of sp³-hybridized carbons (Fsp3) is 0.280. The summed E-state index contributed by atoms with van der Waals surface area (Å²) in [5.41, 5.74) is 3.15. The molecule has 3 aromatic rings. The van der Waals surface area contributed by atoms with Crippen LogP contribution >= 0.6 is 23.2 Å². The van der Waals surface area contributed by atoms with Crippen LogP contribution in [0.25, 0.3) is 0 Å². The number of carbonyl (C=O) groups is 1. The molecule has 1 saturated heterocycles. The number of benzene rings is 2. The van der Waals surface area contributed by atoms with Crippen LogP contribution in [0.3, 0.4) is 0 Å². The highest BCUT2D eigenvalue weighted by atomic mass is 35.5. The molecule has 184 valence electrons. The van der Waals surface area contributed by atoms with Crippen LogP contribution in [-0.2, 0) is 27.4 Å². The number of anilines is 1. The Labute approximate surface area is 213 Å². The van der Waals surface area contributed by atoms with Crippen molar-refractivity contribution >= 4 is 35.0 Å². The summed E-state index contributed by atoms with van der Waals surface area (Å²) in [6.07, 6.45) is 1.93. The van der Waals surface area contributed by atoms with E-state index in [9.17, 15) is 9.90 Å². The molecule has 1 aliphatic heterocycles. The van der Waals surface area contributed by atoms with Crippen LogP contribution in [0.2, 0.25) is 10.3 Å². The van der Waals surface area contributed by atoms with Crippen LogP contribution in [0.1, 0.15) is 35.5 Å². The predicted molar refractivity (Wildman–Crippen MR) is 132 cm³/mol. The molecule has 4 rings (SSSR count). The summed E-state index contributed by atoms with van der Waals surface area (Å²) in [5.74, 6) is 0. The van der Waals surface area contributed by atoms with Gasteiger partial charge in [-0.05, 0) is 23.3 Å². The number of nitrogens with one attached hydrogen (secondary N) is 1. The number of amides is 1. The van der Waals surface area contributed by atoms with Gasteiger partial charge in [0.25, 0.3) is 0 Å². The number of nitrogens with zero attached hydrogens (tertiary/aromatic N) is 2. The number of ether oxygens (including phenoxy) is 3. The first-order valence-corrected chi connectivity index (χ1v) is 11.7. The minimum Gasteiger partial charge on any atom is -0.445 e. The SMILES string of the molecule is C=CCOC(=O)Nc1ccc([C@@H]2O[C@H](Cn3cnc(Cl)c3Cl)C[C@H](c3ccc(CO)cc3)O2)cc1. The Kier molecular flexibility index (Phi) is 8.43. The van der Waals surface area contributed by atoms with Gasteiger partial charge in [-0.15, -0.1) is 0 Å². The zero-order valence-corrected chi connectivity index (χ0v) is 20.3. The standard InChI is InChI=1S/C25H25Cl2N3O5/c1-2-11-33-25(32)29-19-9-7-18(8-10-19)24-34-20(13-30-15-28-22(26)23(30)27)12-21(35-24)17-5-3-16(14-31)4-6-17/h2-10,15,20-21,24,31H,1,11-14H2,(H,29,32)/t20-,21+,24+/m0/s1. The number of aromatic nitrogens is 2. The van der Waals surface area contributed by atoms with Crippen LogP contribution in [0.15, 0.2) is 67.5 Å². The number of aliphatic hydroxyl groups is 1. The summed E-state index contributed by atoms with van der Waals surface area (Å²) in [6.45, 7) is 4.06. The van der Waals surface area contributed by atoms with E-state index in [1.54, 1.807) is 23.0 Å². The van der Waals surface area contributed by atoms with Crippen molar-refractivity contribution in [2.75, 3.05) is 11.9 Å². The summed E-state index contributed by atoms with van der Waals surface area (Å²) in [5, 5.41) is 12.6. The molecule has 0 bridgehead atoms. The summed E-state index contributed by atoms with van der Waals surface area (Å²) in [6, 6.07) is 14.8. The van der Waals surface area contributed by atoms with Gasteiger partial charge < -0.3 is 23.9 Å². The van der Waals surface area contributed by atoms with Crippen molar-refractivity contribution in [3.63, 3.8) is 0 Å². The molecule has 0 unspecified atom stereocenters. The van der Waals surface area contributed by atoms with Gasteiger partial charge in [-0.25, -0.2) is 9.78 Å². The van der Waals surface area contributed by atoms with Gasteiger partial charge in [-0.2, -0.15) is 0 Å². The lowest BCUT2D eigenvalue weighted by atomic mass is 10.00. The molecule has 2 N–H and O–H groups in total. The molecule has 35 heavy (non-hydrogen) atoms. The Morgan fingerprint density at radius 2 is 1.89 bits per heavy atom. The number of halogens is 2. The molecule has 2 heterocycles. The number of aliphatic hydroxyl groups excluding tert-OH is 1. The van der Waals surface area contributed by atoms with Crippen LogP contribution in [-0.4, -0.2) is 33.5 Å². The summed E-state index contributed by atoms with van der Waals surface area (Å²) >= 11 is 12.3. The lowest BCUT2D eigenvalue weighted by Crippen LogP contribution is -2.32. The summed E-state index contributed by atoms with van der Waals surface area (Å²) in [7, 11) is 0. The molecule has 2 aromatic carbocycles. The van der Waals surface area contributed by atoms with E-state index in [0.717, 1.165) is 16.7 Å². The highest BCUT2D eigenvalue weighted by Gasteiger charge is 2.32. The second-order valence-electron chi connectivity index (χ2n) is 7.96. The summed E-state index contributed by atoms with van der Waals surface area (Å²) in [4.78, 5) is 15.8. The lowest BCUT2D eigenvalue weighted by molar-refractivity contribution is -0.252. The quantitative estimate of drug-likeness (QED) is 0.374. The molecule has 0 saturated carbocycles. The van der Waals surface area contributed by atoms with E-state index in [-0.39, 0.29) is 30.6 Å². The van der Waals surface area contributed by atoms with Gasteiger partial charge in [0.1, 0.15) is 11.8 Å². The fourth-order valence-electron chi connectivity index (χ4n) is 3.73. The van der Waals surface area contributed by atoms with E-state index >= 15 is 0 Å². The molecule has 0 aliphatic carbocycles. The zero-order valence-electron chi connectivity index (χ0n) is 18.8. The van der Waals surface area contributed by atoms with Gasteiger partial charge in [0, 0.05) is 17.7 Å². The van der Waals surface area contributed by atoms with Crippen molar-refractivity contribution < 1.29 is 24.1 Å². The van der Waals surface area contributed by atoms with Gasteiger partial charge in [-0.1, -0.05) is 72.3 Å². The van der Waals surface area contributed by atoms with E-state index in [0.29, 0.717) is 23.8 Å². The average molecular weight is 518 g/mol. The molecule has 3 atom stereocenters. The second kappa shape index (κ2) is 11.7. The van der Waals surface area contributed by atoms with Crippen molar-refractivity contribution in [2.24, 2.45) is 0 Å². The van der Waals surface area contributed by atoms with E-state index in [4.69, 9.17) is 37.4 Å². The van der Waals surface area contributed by atoms with Crippen LogP contribution < -0.4 is 5.32 Å². The third kappa shape index (κ3) is 6.42. The van der Waals surface area contributed by atoms with Gasteiger partial charge >= 0.3 is 6.09 Å². The van der Waals surface area contributed by atoms with E-state index in [1.165, 1.54) is 6.08 Å². The van der Waals surface area contributed by atoms with E-state index in [1.807, 2.05) is 36.4 Å².